The fourth-order valence-corrected chi connectivity index (χ4v) is 14.2. The molecule has 0 heterocycles. The summed E-state index contributed by atoms with van der Waals surface area (Å²) < 4.78 is 68.6. The van der Waals surface area contributed by atoms with Crippen molar-refractivity contribution in [2.45, 2.75) is 451 Å². The lowest BCUT2D eigenvalue weighted by Gasteiger charge is -2.21. The molecule has 0 aliphatic carbocycles. The van der Waals surface area contributed by atoms with Gasteiger partial charge in [0.05, 0.1) is 26.4 Å². The molecule has 0 spiro atoms. The van der Waals surface area contributed by atoms with Crippen LogP contribution in [0.1, 0.15) is 433 Å². The van der Waals surface area contributed by atoms with Crippen LogP contribution in [0.5, 0.6) is 0 Å². The largest absolute Gasteiger partial charge is 0.472 e. The Bertz CT molecular complexity index is 1910. The normalized spacial score (nSPS) is 13.8. The van der Waals surface area contributed by atoms with E-state index in [1.165, 1.54) is 244 Å². The van der Waals surface area contributed by atoms with Crippen molar-refractivity contribution >= 4 is 39.5 Å². The van der Waals surface area contributed by atoms with Gasteiger partial charge in [-0.3, -0.25) is 37.3 Å². The molecule has 0 rings (SSSR count). The van der Waals surface area contributed by atoms with Crippen LogP contribution in [0.15, 0.2) is 0 Å². The minimum Gasteiger partial charge on any atom is -0.462 e. The highest BCUT2D eigenvalue weighted by Crippen LogP contribution is 2.45. The zero-order chi connectivity index (χ0) is 73.4. The van der Waals surface area contributed by atoms with Crippen molar-refractivity contribution in [3.63, 3.8) is 0 Å². The maximum atomic E-state index is 13.1. The van der Waals surface area contributed by atoms with Crippen molar-refractivity contribution in [3.05, 3.63) is 0 Å². The summed E-state index contributed by atoms with van der Waals surface area (Å²) in [5, 5.41) is 10.6. The van der Waals surface area contributed by atoms with E-state index in [-0.39, 0.29) is 25.7 Å². The number of hydrogen-bond donors (Lipinski definition) is 3. The third-order valence-electron chi connectivity index (χ3n) is 19.0. The maximum absolute atomic E-state index is 13.1. The molecular weight excluding hydrogens is 1310 g/mol. The van der Waals surface area contributed by atoms with E-state index in [0.29, 0.717) is 25.7 Å². The highest BCUT2D eigenvalue weighted by atomic mass is 31.2. The van der Waals surface area contributed by atoms with Gasteiger partial charge >= 0.3 is 39.5 Å². The molecule has 0 aromatic heterocycles. The molecule has 17 nitrogen and oxygen atoms in total. The summed E-state index contributed by atoms with van der Waals surface area (Å²) in [4.78, 5) is 72.9. The Morgan fingerprint density at radius 1 is 0.270 bits per heavy atom. The van der Waals surface area contributed by atoms with Gasteiger partial charge in [0.1, 0.15) is 19.3 Å². The lowest BCUT2D eigenvalue weighted by Crippen LogP contribution is -2.30. The van der Waals surface area contributed by atoms with Crippen LogP contribution in [0.2, 0.25) is 0 Å². The Labute approximate surface area is 613 Å². The number of phosphoric ester groups is 2. The zero-order valence-electron chi connectivity index (χ0n) is 65.3. The third-order valence-corrected chi connectivity index (χ3v) is 20.9. The van der Waals surface area contributed by atoms with E-state index < -0.39 is 97.5 Å². The molecule has 2 unspecified atom stereocenters. The highest BCUT2D eigenvalue weighted by Gasteiger charge is 2.30. The third kappa shape index (κ3) is 74.3. The quantitative estimate of drug-likeness (QED) is 0.0222. The molecule has 0 saturated heterocycles. The van der Waals surface area contributed by atoms with Crippen LogP contribution < -0.4 is 0 Å². The fraction of sp³-hybridized carbons (Fsp3) is 0.951. The second-order valence-corrected chi connectivity index (χ2v) is 32.5. The summed E-state index contributed by atoms with van der Waals surface area (Å²) in [7, 11) is -9.91. The molecule has 0 aliphatic heterocycles. The average molecular weight is 1470 g/mol. The van der Waals surface area contributed by atoms with Gasteiger partial charge in [-0.2, -0.15) is 0 Å². The fourth-order valence-electron chi connectivity index (χ4n) is 12.6. The molecule has 0 amide bonds. The number of hydrogen-bond acceptors (Lipinski definition) is 15. The monoisotopic (exact) mass is 1470 g/mol. The molecule has 0 saturated carbocycles. The van der Waals surface area contributed by atoms with Gasteiger partial charge < -0.3 is 33.8 Å². The lowest BCUT2D eigenvalue weighted by atomic mass is 10.0. The van der Waals surface area contributed by atoms with E-state index in [0.717, 1.165) is 109 Å². The molecule has 100 heavy (non-hydrogen) atoms. The second kappa shape index (κ2) is 73.9. The number of aliphatic hydroxyl groups excluding tert-OH is 1. The van der Waals surface area contributed by atoms with Crippen molar-refractivity contribution in [2.24, 2.45) is 5.92 Å². The first-order valence-corrected chi connectivity index (χ1v) is 45.1. The molecular formula is C81H158O17P2. The van der Waals surface area contributed by atoms with E-state index in [2.05, 4.69) is 34.6 Å². The minimum absolute atomic E-state index is 0.108. The van der Waals surface area contributed by atoms with Gasteiger partial charge in [-0.05, 0) is 31.6 Å². The van der Waals surface area contributed by atoms with Gasteiger partial charge in [0.2, 0.25) is 0 Å². The van der Waals surface area contributed by atoms with Gasteiger partial charge in [-0.15, -0.1) is 0 Å². The van der Waals surface area contributed by atoms with E-state index in [4.69, 9.17) is 37.0 Å². The number of carbonyl (C=O) groups excluding carboxylic acids is 4. The van der Waals surface area contributed by atoms with Crippen LogP contribution >= 0.6 is 15.6 Å². The number of aliphatic hydroxyl groups is 1. The summed E-state index contributed by atoms with van der Waals surface area (Å²) >= 11 is 0. The number of rotatable bonds is 81. The first-order chi connectivity index (χ1) is 48.5. The Balaban J connectivity index is 5.17. The predicted molar refractivity (Wildman–Crippen MR) is 409 cm³/mol. The van der Waals surface area contributed by atoms with Crippen LogP contribution in [0.4, 0.5) is 0 Å². The molecule has 19 heteroatoms. The maximum Gasteiger partial charge on any atom is 0.472 e. The Morgan fingerprint density at radius 3 is 0.680 bits per heavy atom. The lowest BCUT2D eigenvalue weighted by molar-refractivity contribution is -0.161. The summed E-state index contributed by atoms with van der Waals surface area (Å²) in [5.41, 5.74) is 0. The number of esters is 4. The van der Waals surface area contributed by atoms with Crippen LogP contribution in [0.25, 0.3) is 0 Å². The van der Waals surface area contributed by atoms with Crippen LogP contribution in [-0.4, -0.2) is 96.7 Å². The Hall–Kier alpha value is -1.94. The molecule has 5 atom stereocenters. The Morgan fingerprint density at radius 2 is 0.460 bits per heavy atom. The average Bonchev–Trinajstić information content (AvgIpc) is 0.926. The molecule has 0 aromatic rings. The van der Waals surface area contributed by atoms with Crippen molar-refractivity contribution < 1.29 is 80.2 Å². The predicted octanol–water partition coefficient (Wildman–Crippen LogP) is 24.4. The summed E-state index contributed by atoms with van der Waals surface area (Å²) in [6.07, 6.45) is 65.4. The van der Waals surface area contributed by atoms with E-state index in [9.17, 15) is 43.2 Å². The van der Waals surface area contributed by atoms with E-state index in [1.807, 2.05) is 0 Å². The van der Waals surface area contributed by atoms with Gasteiger partial charge in [0, 0.05) is 25.7 Å². The highest BCUT2D eigenvalue weighted by molar-refractivity contribution is 7.47. The van der Waals surface area contributed by atoms with Crippen molar-refractivity contribution in [1.82, 2.24) is 0 Å². The second-order valence-electron chi connectivity index (χ2n) is 29.6. The summed E-state index contributed by atoms with van der Waals surface area (Å²) in [6, 6.07) is 0. The number of carbonyl (C=O) groups is 4. The first-order valence-electron chi connectivity index (χ1n) is 42.1. The van der Waals surface area contributed by atoms with Gasteiger partial charge in [0.25, 0.3) is 0 Å². The molecule has 0 radical (unpaired) electrons. The van der Waals surface area contributed by atoms with Crippen LogP contribution in [0, 0.1) is 5.92 Å². The van der Waals surface area contributed by atoms with Crippen molar-refractivity contribution in [1.29, 1.82) is 0 Å². The summed E-state index contributed by atoms with van der Waals surface area (Å²) in [5.74, 6) is -1.30. The van der Waals surface area contributed by atoms with E-state index in [1.54, 1.807) is 0 Å². The molecule has 0 aliphatic rings. The zero-order valence-corrected chi connectivity index (χ0v) is 67.1. The smallest absolute Gasteiger partial charge is 0.462 e. The van der Waals surface area contributed by atoms with Gasteiger partial charge in [-0.1, -0.05) is 381 Å². The minimum atomic E-state index is -4.96. The standard InChI is InChI=1S/C81H158O17P2/c1-6-9-12-15-18-20-22-24-26-27-28-29-30-35-39-43-47-52-57-62-67-81(86)98-77(71-92-79(84)65-60-55-50-45-41-38-34-32-31-33-36-40-44-49-53-58-63-74(4)5)73-96-100(89,90)94-69-75(82)68-93-99(87,88)95-72-76(70-91-78(83)64-59-54-48-17-14-11-8-3)97-80(85)66-61-56-51-46-42-37-25-23-21-19-16-13-10-7-2/h74-77,82H,6-73H2,1-5H3,(H,87,88)(H,89,90)/t75-,76+,77+/m0/s1. The SMILES string of the molecule is CCCCCCCCCCCCCCCCCCCCCCC(=O)O[C@H](COC(=O)CCCCCCCCCCCCCCCCCCC(C)C)COP(=O)(O)OC[C@@H](O)COP(=O)(O)OC[C@@H](COC(=O)CCCCCCCCC)OC(=O)CCCCCCCCCCCCCCCC. The van der Waals surface area contributed by atoms with Crippen LogP contribution in [-0.2, 0) is 65.4 Å². The van der Waals surface area contributed by atoms with E-state index >= 15 is 0 Å². The first kappa shape index (κ1) is 98.1. The molecule has 594 valence electrons. The van der Waals surface area contributed by atoms with Crippen LogP contribution in [0.3, 0.4) is 0 Å². The number of phosphoric acid groups is 2. The number of ether oxygens (including phenoxy) is 4. The van der Waals surface area contributed by atoms with Gasteiger partial charge in [0.15, 0.2) is 12.2 Å². The molecule has 0 bridgehead atoms. The van der Waals surface area contributed by atoms with Gasteiger partial charge in [-0.25, -0.2) is 9.13 Å². The van der Waals surface area contributed by atoms with Crippen molar-refractivity contribution in [3.8, 4) is 0 Å². The summed E-state index contributed by atoms with van der Waals surface area (Å²) in [6.45, 7) is 7.32. The number of unbranched alkanes of at least 4 members (excludes halogenated alkanes) is 53. The van der Waals surface area contributed by atoms with Crippen molar-refractivity contribution in [2.75, 3.05) is 39.6 Å². The molecule has 3 N–H and O–H groups in total. The topological polar surface area (TPSA) is 237 Å². The molecule has 0 aromatic carbocycles. The Kier molecular flexibility index (Phi) is 72.5. The molecule has 0 fully saturated rings.